The first-order valence-electron chi connectivity index (χ1n) is 3.41. The van der Waals surface area contributed by atoms with Gasteiger partial charge in [0.25, 0.3) is 0 Å². The van der Waals surface area contributed by atoms with Crippen LogP contribution in [0.2, 0.25) is 0 Å². The Bertz CT molecular complexity index is 147. The Labute approximate surface area is 71.7 Å². The Morgan fingerprint density at radius 1 is 1.73 bits per heavy atom. The molecule has 0 saturated carbocycles. The van der Waals surface area contributed by atoms with Crippen molar-refractivity contribution in [1.82, 2.24) is 0 Å². The number of hydrogen-bond donors (Lipinski definition) is 3. The molecular formula is C7H13NO2S. The fourth-order valence-corrected chi connectivity index (χ4v) is 0.764. The molecule has 0 aliphatic rings. The van der Waals surface area contributed by atoms with Gasteiger partial charge < -0.3 is 10.8 Å². The van der Waals surface area contributed by atoms with Crippen LogP contribution in [0.5, 0.6) is 0 Å². The average Bonchev–Trinajstić information content (AvgIpc) is 1.86. The summed E-state index contributed by atoms with van der Waals surface area (Å²) in [6, 6.07) is -0.368. The van der Waals surface area contributed by atoms with Crippen molar-refractivity contribution in [3.63, 3.8) is 0 Å². The Morgan fingerprint density at radius 3 is 2.82 bits per heavy atom. The summed E-state index contributed by atoms with van der Waals surface area (Å²) in [6.07, 6.45) is 4.37. The van der Waals surface area contributed by atoms with Crippen molar-refractivity contribution in [1.29, 1.82) is 0 Å². The van der Waals surface area contributed by atoms with Crippen LogP contribution in [-0.2, 0) is 4.79 Å². The third-order valence-electron chi connectivity index (χ3n) is 1.09. The van der Waals surface area contributed by atoms with Crippen molar-refractivity contribution in [2.75, 3.05) is 5.75 Å². The molecule has 0 unspecified atom stereocenters. The predicted octanol–water partition coefficient (Wildman–Crippen LogP) is 0.665. The van der Waals surface area contributed by atoms with Crippen LogP contribution in [0, 0.1) is 0 Å². The molecule has 64 valence electrons. The van der Waals surface area contributed by atoms with Crippen LogP contribution >= 0.6 is 12.6 Å². The van der Waals surface area contributed by atoms with E-state index < -0.39 is 5.97 Å². The van der Waals surface area contributed by atoms with E-state index in [0.29, 0.717) is 0 Å². The van der Waals surface area contributed by atoms with Crippen molar-refractivity contribution < 1.29 is 9.90 Å². The molecule has 0 aliphatic heterocycles. The molecule has 0 aromatic heterocycles. The maximum absolute atomic E-state index is 10.1. The van der Waals surface area contributed by atoms with Gasteiger partial charge in [-0.05, 0) is 12.2 Å². The summed E-state index contributed by atoms with van der Waals surface area (Å²) < 4.78 is 0. The topological polar surface area (TPSA) is 63.3 Å². The number of carboxylic acids is 1. The van der Waals surface area contributed by atoms with E-state index in [9.17, 15) is 4.79 Å². The van der Waals surface area contributed by atoms with E-state index in [2.05, 4.69) is 12.6 Å². The summed E-state index contributed by atoms with van der Waals surface area (Å²) in [5.74, 6) is -0.107. The van der Waals surface area contributed by atoms with Gasteiger partial charge in [-0.3, -0.25) is 4.79 Å². The zero-order valence-electron chi connectivity index (χ0n) is 6.23. The Kier molecular flexibility index (Phi) is 5.97. The molecule has 0 amide bonds. The highest BCUT2D eigenvalue weighted by Gasteiger charge is 2.02. The number of carboxylic acid groups (broad SMARTS) is 1. The quantitative estimate of drug-likeness (QED) is 0.425. The second-order valence-electron chi connectivity index (χ2n) is 2.20. The zero-order valence-corrected chi connectivity index (χ0v) is 7.13. The average molecular weight is 175 g/mol. The van der Waals surface area contributed by atoms with E-state index in [1.165, 1.54) is 0 Å². The number of thiol groups is 1. The lowest BCUT2D eigenvalue weighted by atomic mass is 10.2. The monoisotopic (exact) mass is 175 g/mol. The van der Waals surface area contributed by atoms with Crippen molar-refractivity contribution in [2.24, 2.45) is 5.73 Å². The van der Waals surface area contributed by atoms with Crippen LogP contribution in [0.3, 0.4) is 0 Å². The molecule has 0 spiro atoms. The van der Waals surface area contributed by atoms with Gasteiger partial charge in [-0.25, -0.2) is 0 Å². The molecule has 0 aliphatic carbocycles. The number of rotatable bonds is 5. The summed E-state index contributed by atoms with van der Waals surface area (Å²) in [7, 11) is 0. The van der Waals surface area contributed by atoms with Gasteiger partial charge in [-0.2, -0.15) is 12.6 Å². The van der Waals surface area contributed by atoms with E-state index in [4.69, 9.17) is 10.8 Å². The zero-order chi connectivity index (χ0) is 8.69. The smallest absolute Gasteiger partial charge is 0.305 e. The number of carbonyl (C=O) groups is 1. The van der Waals surface area contributed by atoms with Crippen LogP contribution < -0.4 is 5.73 Å². The lowest BCUT2D eigenvalue weighted by molar-refractivity contribution is -0.137. The second-order valence-corrected chi connectivity index (χ2v) is 2.65. The van der Waals surface area contributed by atoms with E-state index >= 15 is 0 Å². The second kappa shape index (κ2) is 6.24. The summed E-state index contributed by atoms with van der Waals surface area (Å²) in [6.45, 7) is 0. The highest BCUT2D eigenvalue weighted by molar-refractivity contribution is 7.80. The number of hydrogen-bond acceptors (Lipinski definition) is 3. The molecule has 4 heteroatoms. The van der Waals surface area contributed by atoms with E-state index in [0.717, 1.165) is 12.2 Å². The van der Waals surface area contributed by atoms with Crippen LogP contribution in [-0.4, -0.2) is 22.9 Å². The molecule has 0 radical (unpaired) electrons. The van der Waals surface area contributed by atoms with Gasteiger partial charge in [0.1, 0.15) is 0 Å². The molecule has 3 nitrogen and oxygen atoms in total. The Balaban J connectivity index is 3.50. The Hall–Kier alpha value is -0.480. The highest BCUT2D eigenvalue weighted by Crippen LogP contribution is 1.93. The van der Waals surface area contributed by atoms with Gasteiger partial charge >= 0.3 is 5.97 Å². The fraction of sp³-hybridized carbons (Fsp3) is 0.571. The van der Waals surface area contributed by atoms with Gasteiger partial charge in [0.05, 0.1) is 6.42 Å². The Morgan fingerprint density at radius 2 is 2.36 bits per heavy atom. The highest BCUT2D eigenvalue weighted by atomic mass is 32.1. The third kappa shape index (κ3) is 7.42. The van der Waals surface area contributed by atoms with Crippen LogP contribution in [0.25, 0.3) is 0 Å². The molecule has 0 aromatic carbocycles. The van der Waals surface area contributed by atoms with Crippen molar-refractivity contribution >= 4 is 18.6 Å². The largest absolute Gasteiger partial charge is 0.481 e. The minimum atomic E-state index is -0.868. The molecule has 0 heterocycles. The third-order valence-corrected chi connectivity index (χ3v) is 1.35. The molecule has 3 N–H and O–H groups in total. The van der Waals surface area contributed by atoms with Crippen molar-refractivity contribution in [3.05, 3.63) is 12.2 Å². The molecular weight excluding hydrogens is 162 g/mol. The van der Waals surface area contributed by atoms with Gasteiger partial charge in [-0.15, -0.1) is 0 Å². The van der Waals surface area contributed by atoms with Crippen LogP contribution in [0.15, 0.2) is 12.2 Å². The summed E-state index contributed by atoms with van der Waals surface area (Å²) >= 11 is 3.98. The molecule has 1 atom stereocenters. The normalized spacial score (nSPS) is 13.6. The minimum absolute atomic E-state index is 0.0108. The van der Waals surface area contributed by atoms with Crippen LogP contribution in [0.1, 0.15) is 12.8 Å². The van der Waals surface area contributed by atoms with Gasteiger partial charge in [0.15, 0.2) is 0 Å². The first-order chi connectivity index (χ1) is 5.16. The summed E-state index contributed by atoms with van der Waals surface area (Å²) in [5.41, 5.74) is 5.42. The number of aliphatic carboxylic acids is 1. The first-order valence-corrected chi connectivity index (χ1v) is 4.05. The molecule has 0 saturated heterocycles. The first kappa shape index (κ1) is 10.5. The SMILES string of the molecule is N[C@H](/C=C/CCS)CC(=O)O. The molecule has 11 heavy (non-hydrogen) atoms. The van der Waals surface area contributed by atoms with Gasteiger partial charge in [0.2, 0.25) is 0 Å². The lowest BCUT2D eigenvalue weighted by Crippen LogP contribution is -2.20. The number of allylic oxidation sites excluding steroid dienone is 1. The van der Waals surface area contributed by atoms with Gasteiger partial charge in [-0.1, -0.05) is 12.2 Å². The maximum atomic E-state index is 10.1. The lowest BCUT2D eigenvalue weighted by Gasteiger charge is -2.00. The number of nitrogens with two attached hydrogens (primary N) is 1. The minimum Gasteiger partial charge on any atom is -0.481 e. The standard InChI is InChI=1S/C7H13NO2S/c8-6(5-7(9)10)3-1-2-4-11/h1,3,6,11H,2,4-5,8H2,(H,9,10)/b3-1+/t6-/m1/s1. The van der Waals surface area contributed by atoms with Crippen molar-refractivity contribution in [3.8, 4) is 0 Å². The van der Waals surface area contributed by atoms with Gasteiger partial charge in [0, 0.05) is 6.04 Å². The van der Waals surface area contributed by atoms with E-state index in [1.807, 2.05) is 6.08 Å². The van der Waals surface area contributed by atoms with Crippen LogP contribution in [0.4, 0.5) is 0 Å². The molecule has 0 rings (SSSR count). The summed E-state index contributed by atoms with van der Waals surface area (Å²) in [5, 5.41) is 8.31. The van der Waals surface area contributed by atoms with E-state index in [1.54, 1.807) is 6.08 Å². The maximum Gasteiger partial charge on any atom is 0.305 e. The molecule has 0 bridgehead atoms. The van der Waals surface area contributed by atoms with E-state index in [-0.39, 0.29) is 12.5 Å². The summed E-state index contributed by atoms with van der Waals surface area (Å²) in [4.78, 5) is 10.1. The predicted molar refractivity (Wildman–Crippen MR) is 47.8 cm³/mol. The molecule has 0 fully saturated rings. The van der Waals surface area contributed by atoms with Crippen molar-refractivity contribution in [2.45, 2.75) is 18.9 Å². The fourth-order valence-electron chi connectivity index (χ4n) is 0.615. The molecule has 0 aromatic rings.